The van der Waals surface area contributed by atoms with Gasteiger partial charge in [-0.3, -0.25) is 0 Å². The highest BCUT2D eigenvalue weighted by molar-refractivity contribution is 7.86. The Morgan fingerprint density at radius 1 is 1.17 bits per heavy atom. The standard InChI is InChI=1S/C11H23N3O3S/c1-9-6-14(7-10(2)17-9)18(15,16)13-4-3-11(5-12)8-13/h9-11H,3-8,12H2,1-2H3. The van der Waals surface area contributed by atoms with Crippen molar-refractivity contribution in [2.24, 2.45) is 11.7 Å². The Hall–Kier alpha value is -0.210. The summed E-state index contributed by atoms with van der Waals surface area (Å²) in [7, 11) is -3.34. The quantitative estimate of drug-likeness (QED) is 0.763. The lowest BCUT2D eigenvalue weighted by atomic mass is 10.1. The molecule has 0 radical (unpaired) electrons. The molecule has 2 rings (SSSR count). The van der Waals surface area contributed by atoms with E-state index in [9.17, 15) is 8.42 Å². The zero-order valence-corrected chi connectivity index (χ0v) is 11.9. The third-order valence-electron chi connectivity index (χ3n) is 3.62. The molecule has 3 atom stereocenters. The minimum Gasteiger partial charge on any atom is -0.373 e. The molecule has 0 saturated carbocycles. The van der Waals surface area contributed by atoms with Gasteiger partial charge in [-0.25, -0.2) is 0 Å². The smallest absolute Gasteiger partial charge is 0.282 e. The van der Waals surface area contributed by atoms with E-state index in [1.807, 2.05) is 13.8 Å². The van der Waals surface area contributed by atoms with Gasteiger partial charge in [-0.05, 0) is 32.7 Å². The Kier molecular flexibility index (Phi) is 4.28. The van der Waals surface area contributed by atoms with Crippen molar-refractivity contribution in [3.8, 4) is 0 Å². The normalized spacial score (nSPS) is 36.1. The second-order valence-corrected chi connectivity index (χ2v) is 7.26. The third-order valence-corrected chi connectivity index (χ3v) is 5.56. The summed E-state index contributed by atoms with van der Waals surface area (Å²) >= 11 is 0. The Balaban J connectivity index is 2.06. The largest absolute Gasteiger partial charge is 0.373 e. The Morgan fingerprint density at radius 2 is 1.78 bits per heavy atom. The lowest BCUT2D eigenvalue weighted by molar-refractivity contribution is -0.0453. The van der Waals surface area contributed by atoms with Crippen LogP contribution >= 0.6 is 0 Å². The van der Waals surface area contributed by atoms with Gasteiger partial charge in [-0.15, -0.1) is 0 Å². The van der Waals surface area contributed by atoms with Crippen molar-refractivity contribution in [3.63, 3.8) is 0 Å². The van der Waals surface area contributed by atoms with Crippen LogP contribution in [0.25, 0.3) is 0 Å². The fourth-order valence-electron chi connectivity index (χ4n) is 2.68. The highest BCUT2D eigenvalue weighted by atomic mass is 32.2. The number of nitrogens with two attached hydrogens (primary N) is 1. The molecule has 2 aliphatic heterocycles. The van der Waals surface area contributed by atoms with E-state index in [1.165, 1.54) is 0 Å². The second-order valence-electron chi connectivity index (χ2n) is 5.33. The number of nitrogens with zero attached hydrogens (tertiary/aromatic N) is 2. The number of rotatable bonds is 3. The van der Waals surface area contributed by atoms with Gasteiger partial charge in [0.2, 0.25) is 0 Å². The highest BCUT2D eigenvalue weighted by Crippen LogP contribution is 2.23. The molecular formula is C11H23N3O3S. The summed E-state index contributed by atoms with van der Waals surface area (Å²) in [4.78, 5) is 0. The predicted octanol–water partition coefficient (Wildman–Crippen LogP) is -0.379. The number of hydrogen-bond donors (Lipinski definition) is 1. The van der Waals surface area contributed by atoms with Crippen molar-refractivity contribution in [2.45, 2.75) is 32.5 Å². The average molecular weight is 277 g/mol. The molecule has 0 aromatic carbocycles. The van der Waals surface area contributed by atoms with Gasteiger partial charge in [-0.1, -0.05) is 0 Å². The van der Waals surface area contributed by atoms with E-state index in [0.29, 0.717) is 38.6 Å². The Morgan fingerprint density at radius 3 is 2.28 bits per heavy atom. The summed E-state index contributed by atoms with van der Waals surface area (Å²) in [6.45, 7) is 6.40. The van der Waals surface area contributed by atoms with Crippen LogP contribution in [0.2, 0.25) is 0 Å². The maximum absolute atomic E-state index is 12.5. The Bertz CT molecular complexity index is 377. The van der Waals surface area contributed by atoms with Crippen molar-refractivity contribution in [1.29, 1.82) is 0 Å². The van der Waals surface area contributed by atoms with E-state index in [-0.39, 0.29) is 12.2 Å². The van der Waals surface area contributed by atoms with E-state index < -0.39 is 10.2 Å². The van der Waals surface area contributed by atoms with Crippen LogP contribution in [0.5, 0.6) is 0 Å². The van der Waals surface area contributed by atoms with Gasteiger partial charge in [0.05, 0.1) is 12.2 Å². The summed E-state index contributed by atoms with van der Waals surface area (Å²) in [6.07, 6.45) is 0.776. The molecule has 3 unspecified atom stereocenters. The fraction of sp³-hybridized carbons (Fsp3) is 1.00. The van der Waals surface area contributed by atoms with Crippen LogP contribution in [-0.2, 0) is 14.9 Å². The molecule has 18 heavy (non-hydrogen) atoms. The molecule has 2 fully saturated rings. The first-order valence-corrected chi connectivity index (χ1v) is 7.94. The van der Waals surface area contributed by atoms with Crippen LogP contribution in [-0.4, -0.2) is 62.0 Å². The van der Waals surface area contributed by atoms with Gasteiger partial charge in [0.15, 0.2) is 0 Å². The Labute approximate surface area is 109 Å². The molecule has 106 valence electrons. The third kappa shape index (κ3) is 2.85. The minimum absolute atomic E-state index is 0.0450. The fourth-order valence-corrected chi connectivity index (χ4v) is 4.54. The average Bonchev–Trinajstić information content (AvgIpc) is 2.76. The molecule has 2 aliphatic rings. The van der Waals surface area contributed by atoms with Gasteiger partial charge in [0.25, 0.3) is 10.2 Å². The first-order chi connectivity index (χ1) is 8.43. The first-order valence-electron chi connectivity index (χ1n) is 6.54. The van der Waals surface area contributed by atoms with Crippen LogP contribution in [0.4, 0.5) is 0 Å². The predicted molar refractivity (Wildman–Crippen MR) is 69.2 cm³/mol. The molecule has 0 aromatic rings. The minimum atomic E-state index is -3.34. The monoisotopic (exact) mass is 277 g/mol. The molecule has 6 nitrogen and oxygen atoms in total. The van der Waals surface area contributed by atoms with Crippen molar-refractivity contribution in [2.75, 3.05) is 32.7 Å². The summed E-state index contributed by atoms with van der Waals surface area (Å²) in [5, 5.41) is 0. The van der Waals surface area contributed by atoms with Crippen LogP contribution in [0, 0.1) is 5.92 Å². The van der Waals surface area contributed by atoms with E-state index in [0.717, 1.165) is 6.42 Å². The van der Waals surface area contributed by atoms with Gasteiger partial charge < -0.3 is 10.5 Å². The maximum atomic E-state index is 12.5. The van der Waals surface area contributed by atoms with E-state index in [4.69, 9.17) is 10.5 Å². The molecule has 0 aliphatic carbocycles. The highest BCUT2D eigenvalue weighted by Gasteiger charge is 2.38. The topological polar surface area (TPSA) is 75.9 Å². The van der Waals surface area contributed by atoms with Crippen LogP contribution < -0.4 is 5.73 Å². The summed E-state index contributed by atoms with van der Waals surface area (Å²) in [5.41, 5.74) is 5.61. The summed E-state index contributed by atoms with van der Waals surface area (Å²) in [5.74, 6) is 0.302. The molecule has 0 aromatic heterocycles. The van der Waals surface area contributed by atoms with Gasteiger partial charge in [0.1, 0.15) is 0 Å². The van der Waals surface area contributed by atoms with Gasteiger partial charge in [0, 0.05) is 26.2 Å². The molecule has 0 spiro atoms. The number of morpholine rings is 1. The zero-order chi connectivity index (χ0) is 13.3. The molecule has 0 bridgehead atoms. The van der Waals surface area contributed by atoms with Gasteiger partial charge in [-0.2, -0.15) is 17.0 Å². The van der Waals surface area contributed by atoms with E-state index in [2.05, 4.69) is 0 Å². The molecule has 7 heteroatoms. The zero-order valence-electron chi connectivity index (χ0n) is 11.1. The molecule has 2 saturated heterocycles. The van der Waals surface area contributed by atoms with Crippen LogP contribution in [0.3, 0.4) is 0 Å². The van der Waals surface area contributed by atoms with E-state index >= 15 is 0 Å². The number of hydrogen-bond acceptors (Lipinski definition) is 4. The van der Waals surface area contributed by atoms with Crippen molar-refractivity contribution in [1.82, 2.24) is 8.61 Å². The number of ether oxygens (including phenoxy) is 1. The molecule has 0 amide bonds. The van der Waals surface area contributed by atoms with Crippen molar-refractivity contribution in [3.05, 3.63) is 0 Å². The second kappa shape index (κ2) is 5.42. The van der Waals surface area contributed by atoms with Crippen LogP contribution in [0.1, 0.15) is 20.3 Å². The SMILES string of the molecule is CC1CN(S(=O)(=O)N2CCC(CN)C2)CC(C)O1. The van der Waals surface area contributed by atoms with E-state index in [1.54, 1.807) is 8.61 Å². The van der Waals surface area contributed by atoms with Crippen LogP contribution in [0.15, 0.2) is 0 Å². The maximum Gasteiger partial charge on any atom is 0.282 e. The first kappa shape index (κ1) is 14.2. The summed E-state index contributed by atoms with van der Waals surface area (Å²) in [6, 6.07) is 0. The molecule has 2 N–H and O–H groups in total. The van der Waals surface area contributed by atoms with Crippen molar-refractivity contribution >= 4 is 10.2 Å². The van der Waals surface area contributed by atoms with Crippen molar-refractivity contribution < 1.29 is 13.2 Å². The lowest BCUT2D eigenvalue weighted by Gasteiger charge is -2.36. The lowest BCUT2D eigenvalue weighted by Crippen LogP contribution is -2.52. The molecule has 2 heterocycles. The molecular weight excluding hydrogens is 254 g/mol. The summed E-state index contributed by atoms with van der Waals surface area (Å²) < 4.78 is 33.7. The van der Waals surface area contributed by atoms with Gasteiger partial charge >= 0.3 is 0 Å².